The highest BCUT2D eigenvalue weighted by atomic mass is 35.5. The number of rotatable bonds is 6. The van der Waals surface area contributed by atoms with Gasteiger partial charge in [-0.3, -0.25) is 9.80 Å². The van der Waals surface area contributed by atoms with Gasteiger partial charge in [-0.25, -0.2) is 4.98 Å². The minimum atomic E-state index is 0. The molecular formula is C33H43Cl3N4. The van der Waals surface area contributed by atoms with E-state index in [1.54, 1.807) is 0 Å². The highest BCUT2D eigenvalue weighted by Crippen LogP contribution is 2.32. The van der Waals surface area contributed by atoms with Crippen molar-refractivity contribution < 1.29 is 0 Å². The normalized spacial score (nSPS) is 15.1. The number of hydrogen-bond acceptors (Lipinski definition) is 3. The van der Waals surface area contributed by atoms with Gasteiger partial charge in [-0.1, -0.05) is 106 Å². The molecule has 1 aliphatic heterocycles. The number of imidazole rings is 1. The molecule has 1 aromatic heterocycles. The highest BCUT2D eigenvalue weighted by molar-refractivity contribution is 5.86. The Bertz CT molecular complexity index is 1250. The standard InChI is InChI=1S/C33H40N4.3ClH/c1-24-30(35-32(34-24)28-16-18-29(19-17-28)33(3,4)5)25(2)36-20-22-37(23-21-36)31(26-12-8-6-9-13-26)27-14-10-7-11-15-27;;;/h6-19,25,31H,20-23H2,1-5H3,(H,34,35);3*1H. The number of nitrogens with zero attached hydrogens (tertiary/aromatic N) is 3. The Kier molecular flexibility index (Phi) is 12.3. The van der Waals surface area contributed by atoms with E-state index in [2.05, 4.69) is 134 Å². The molecule has 0 bridgehead atoms. The first kappa shape index (κ1) is 33.9. The molecule has 4 aromatic rings. The lowest BCUT2D eigenvalue weighted by atomic mass is 9.87. The Labute approximate surface area is 258 Å². The minimum absolute atomic E-state index is 0. The van der Waals surface area contributed by atoms with Gasteiger partial charge in [0.25, 0.3) is 0 Å². The van der Waals surface area contributed by atoms with Crippen LogP contribution in [0.15, 0.2) is 84.9 Å². The number of halogens is 3. The molecule has 216 valence electrons. The van der Waals surface area contributed by atoms with E-state index in [-0.39, 0.29) is 54.7 Å². The third kappa shape index (κ3) is 7.48. The van der Waals surface area contributed by atoms with Crippen molar-refractivity contribution >= 4 is 37.2 Å². The molecular weight excluding hydrogens is 559 g/mol. The maximum absolute atomic E-state index is 5.09. The van der Waals surface area contributed by atoms with Crippen molar-refractivity contribution in [2.75, 3.05) is 26.2 Å². The molecule has 2 heterocycles. The van der Waals surface area contributed by atoms with Gasteiger partial charge in [-0.15, -0.1) is 37.2 Å². The third-order valence-electron chi connectivity index (χ3n) is 7.83. The Balaban J connectivity index is 0.00000187. The predicted octanol–water partition coefficient (Wildman–Crippen LogP) is 8.42. The zero-order chi connectivity index (χ0) is 26.0. The summed E-state index contributed by atoms with van der Waals surface area (Å²) >= 11 is 0. The molecule has 7 heteroatoms. The Hall–Kier alpha value is -2.34. The van der Waals surface area contributed by atoms with Crippen LogP contribution in [0.2, 0.25) is 0 Å². The molecule has 4 nitrogen and oxygen atoms in total. The highest BCUT2D eigenvalue weighted by Gasteiger charge is 2.30. The third-order valence-corrected chi connectivity index (χ3v) is 7.83. The molecule has 1 atom stereocenters. The quantitative estimate of drug-likeness (QED) is 0.241. The van der Waals surface area contributed by atoms with E-state index in [1.807, 2.05) is 0 Å². The molecule has 0 aliphatic carbocycles. The van der Waals surface area contributed by atoms with E-state index in [0.29, 0.717) is 0 Å². The minimum Gasteiger partial charge on any atom is -0.342 e. The predicted molar refractivity (Wildman–Crippen MR) is 175 cm³/mol. The SMILES string of the molecule is Cc1[nH]c(-c2ccc(C(C)(C)C)cc2)nc1C(C)N1CCN(C(c2ccccc2)c2ccccc2)CC1.Cl.Cl.Cl. The van der Waals surface area contributed by atoms with Crippen molar-refractivity contribution in [1.29, 1.82) is 0 Å². The Morgan fingerprint density at radius 2 is 1.18 bits per heavy atom. The van der Waals surface area contributed by atoms with Gasteiger partial charge in [0.1, 0.15) is 5.82 Å². The zero-order valence-corrected chi connectivity index (χ0v) is 26.6. The second-order valence-electron chi connectivity index (χ2n) is 11.4. The van der Waals surface area contributed by atoms with Crippen molar-refractivity contribution in [3.63, 3.8) is 0 Å². The van der Waals surface area contributed by atoms with Crippen molar-refractivity contribution in [3.8, 4) is 11.4 Å². The van der Waals surface area contributed by atoms with Crippen LogP contribution in [0.4, 0.5) is 0 Å². The number of aromatic nitrogens is 2. The fourth-order valence-electron chi connectivity index (χ4n) is 5.59. The summed E-state index contributed by atoms with van der Waals surface area (Å²) in [6.07, 6.45) is 0. The number of H-pyrrole nitrogens is 1. The van der Waals surface area contributed by atoms with Gasteiger partial charge in [-0.2, -0.15) is 0 Å². The number of piperazine rings is 1. The zero-order valence-electron chi connectivity index (χ0n) is 24.1. The molecule has 1 fully saturated rings. The van der Waals surface area contributed by atoms with Crippen LogP contribution in [0.25, 0.3) is 11.4 Å². The molecule has 0 saturated carbocycles. The van der Waals surface area contributed by atoms with Gasteiger partial charge in [0, 0.05) is 37.4 Å². The van der Waals surface area contributed by atoms with Gasteiger partial charge in [0.05, 0.1) is 17.8 Å². The van der Waals surface area contributed by atoms with Gasteiger partial charge in [-0.05, 0) is 36.0 Å². The Morgan fingerprint density at radius 3 is 1.65 bits per heavy atom. The number of aryl methyl sites for hydroxylation is 1. The van der Waals surface area contributed by atoms with Gasteiger partial charge >= 0.3 is 0 Å². The van der Waals surface area contributed by atoms with Crippen LogP contribution >= 0.6 is 37.2 Å². The van der Waals surface area contributed by atoms with Crippen molar-refractivity contribution in [1.82, 2.24) is 19.8 Å². The molecule has 0 spiro atoms. The van der Waals surface area contributed by atoms with Crippen LogP contribution in [0.3, 0.4) is 0 Å². The first-order valence-corrected chi connectivity index (χ1v) is 13.6. The lowest BCUT2D eigenvalue weighted by molar-refractivity contribution is 0.0826. The van der Waals surface area contributed by atoms with E-state index in [9.17, 15) is 0 Å². The summed E-state index contributed by atoms with van der Waals surface area (Å²) in [5.41, 5.74) is 7.69. The van der Waals surface area contributed by atoms with Crippen LogP contribution < -0.4 is 0 Å². The van der Waals surface area contributed by atoms with E-state index in [4.69, 9.17) is 4.98 Å². The van der Waals surface area contributed by atoms with Crippen LogP contribution in [0.1, 0.15) is 67.9 Å². The molecule has 0 amide bonds. The monoisotopic (exact) mass is 600 g/mol. The second kappa shape index (κ2) is 14.5. The Morgan fingerprint density at radius 1 is 0.700 bits per heavy atom. The van der Waals surface area contributed by atoms with Crippen LogP contribution in [0, 0.1) is 6.92 Å². The summed E-state index contributed by atoms with van der Waals surface area (Å²) in [6.45, 7) is 15.3. The van der Waals surface area contributed by atoms with Gasteiger partial charge in [0.2, 0.25) is 0 Å². The summed E-state index contributed by atoms with van der Waals surface area (Å²) < 4.78 is 0. The first-order chi connectivity index (χ1) is 17.8. The molecule has 40 heavy (non-hydrogen) atoms. The van der Waals surface area contributed by atoms with Crippen LogP contribution in [-0.2, 0) is 5.41 Å². The molecule has 5 rings (SSSR count). The largest absolute Gasteiger partial charge is 0.342 e. The van der Waals surface area contributed by atoms with Gasteiger partial charge < -0.3 is 4.98 Å². The fourth-order valence-corrected chi connectivity index (χ4v) is 5.59. The molecule has 1 unspecified atom stereocenters. The van der Waals surface area contributed by atoms with Crippen molar-refractivity contribution in [3.05, 3.63) is 113 Å². The number of nitrogens with one attached hydrogen (secondary N) is 1. The molecule has 3 aromatic carbocycles. The van der Waals surface area contributed by atoms with Gasteiger partial charge in [0.15, 0.2) is 0 Å². The summed E-state index contributed by atoms with van der Waals surface area (Å²) in [7, 11) is 0. The maximum Gasteiger partial charge on any atom is 0.137 e. The fraction of sp³-hybridized carbons (Fsp3) is 0.364. The number of hydrogen-bond donors (Lipinski definition) is 1. The average Bonchev–Trinajstić information content (AvgIpc) is 3.31. The topological polar surface area (TPSA) is 35.2 Å². The van der Waals surface area contributed by atoms with E-state index in [0.717, 1.165) is 49.0 Å². The van der Waals surface area contributed by atoms with E-state index < -0.39 is 0 Å². The lowest BCUT2D eigenvalue weighted by Crippen LogP contribution is -2.48. The van der Waals surface area contributed by atoms with Crippen molar-refractivity contribution in [2.24, 2.45) is 0 Å². The summed E-state index contributed by atoms with van der Waals surface area (Å²) in [5.74, 6) is 0.965. The summed E-state index contributed by atoms with van der Waals surface area (Å²) in [6, 6.07) is 31.2. The number of benzene rings is 3. The summed E-state index contributed by atoms with van der Waals surface area (Å²) in [4.78, 5) is 13.9. The van der Waals surface area contributed by atoms with E-state index in [1.165, 1.54) is 16.7 Å². The van der Waals surface area contributed by atoms with Crippen LogP contribution in [-0.4, -0.2) is 45.9 Å². The summed E-state index contributed by atoms with van der Waals surface area (Å²) in [5, 5.41) is 0. The van der Waals surface area contributed by atoms with E-state index >= 15 is 0 Å². The smallest absolute Gasteiger partial charge is 0.137 e. The molecule has 1 saturated heterocycles. The average molecular weight is 602 g/mol. The molecule has 1 aliphatic rings. The molecule has 0 radical (unpaired) electrons. The lowest BCUT2D eigenvalue weighted by Gasteiger charge is -2.41. The van der Waals surface area contributed by atoms with Crippen molar-refractivity contribution in [2.45, 2.75) is 52.1 Å². The first-order valence-electron chi connectivity index (χ1n) is 13.6. The maximum atomic E-state index is 5.09. The number of aromatic amines is 1. The molecule has 1 N–H and O–H groups in total. The van der Waals surface area contributed by atoms with Crippen LogP contribution in [0.5, 0.6) is 0 Å². The second-order valence-corrected chi connectivity index (χ2v) is 11.4.